The minimum atomic E-state index is -0.490. The van der Waals surface area contributed by atoms with E-state index < -0.39 is 11.8 Å². The Hall–Kier alpha value is -4.74. The number of ketones is 1. The highest BCUT2D eigenvalue weighted by Crippen LogP contribution is 2.16. The van der Waals surface area contributed by atoms with Crippen LogP contribution in [0.25, 0.3) is 12.2 Å². The van der Waals surface area contributed by atoms with Crippen LogP contribution in [0.3, 0.4) is 0 Å². The molecule has 0 saturated carbocycles. The van der Waals surface area contributed by atoms with Crippen LogP contribution in [0.4, 0.5) is 5.69 Å². The molecule has 0 fully saturated rings. The van der Waals surface area contributed by atoms with Crippen LogP contribution >= 0.6 is 11.6 Å². The molecule has 5 nitrogen and oxygen atoms in total. The molecule has 2 amide bonds. The van der Waals surface area contributed by atoms with Gasteiger partial charge in [0.15, 0.2) is 5.78 Å². The summed E-state index contributed by atoms with van der Waals surface area (Å²) in [7, 11) is 0. The van der Waals surface area contributed by atoms with E-state index in [1.807, 2.05) is 49.4 Å². The van der Waals surface area contributed by atoms with Gasteiger partial charge in [-0.25, -0.2) is 0 Å². The molecule has 0 spiro atoms. The number of carbonyl (C=O) groups excluding carboxylic acids is 3. The summed E-state index contributed by atoms with van der Waals surface area (Å²) in [6, 6.07) is 30.0. The highest BCUT2D eigenvalue weighted by molar-refractivity contribution is 6.30. The molecule has 0 aromatic heterocycles. The second-order valence-corrected chi connectivity index (χ2v) is 9.01. The van der Waals surface area contributed by atoms with Gasteiger partial charge in [0.1, 0.15) is 5.70 Å². The Morgan fingerprint density at radius 1 is 0.737 bits per heavy atom. The highest BCUT2D eigenvalue weighted by Gasteiger charge is 2.15. The maximum atomic E-state index is 13.2. The van der Waals surface area contributed by atoms with E-state index in [9.17, 15) is 14.4 Å². The number of amides is 2. The lowest BCUT2D eigenvalue weighted by atomic mass is 10.1. The molecule has 0 aliphatic heterocycles. The summed E-state index contributed by atoms with van der Waals surface area (Å²) in [6.07, 6.45) is 4.80. The third-order valence-electron chi connectivity index (χ3n) is 5.59. The Labute approximate surface area is 226 Å². The number of nitrogens with one attached hydrogen (secondary N) is 2. The van der Waals surface area contributed by atoms with Crippen LogP contribution in [0.15, 0.2) is 115 Å². The molecule has 38 heavy (non-hydrogen) atoms. The van der Waals surface area contributed by atoms with Gasteiger partial charge < -0.3 is 10.6 Å². The molecule has 188 valence electrons. The molecule has 0 unspecified atom stereocenters. The smallest absolute Gasteiger partial charge is 0.272 e. The molecule has 0 aliphatic carbocycles. The van der Waals surface area contributed by atoms with Gasteiger partial charge in [-0.1, -0.05) is 77.8 Å². The van der Waals surface area contributed by atoms with E-state index in [2.05, 4.69) is 10.6 Å². The summed E-state index contributed by atoms with van der Waals surface area (Å²) >= 11 is 5.99. The lowest BCUT2D eigenvalue weighted by Crippen LogP contribution is -2.30. The van der Waals surface area contributed by atoms with Gasteiger partial charge in [0, 0.05) is 21.8 Å². The van der Waals surface area contributed by atoms with Crippen LogP contribution in [0.1, 0.15) is 37.4 Å². The van der Waals surface area contributed by atoms with Crippen molar-refractivity contribution in [2.45, 2.75) is 6.92 Å². The maximum absolute atomic E-state index is 13.2. The van der Waals surface area contributed by atoms with Gasteiger partial charge in [0.05, 0.1) is 0 Å². The van der Waals surface area contributed by atoms with Crippen LogP contribution in [0.2, 0.25) is 5.02 Å². The predicted octanol–water partition coefficient (Wildman–Crippen LogP) is 6.95. The first-order chi connectivity index (χ1) is 18.4. The minimum absolute atomic E-state index is 0.0917. The zero-order chi connectivity index (χ0) is 26.9. The Morgan fingerprint density at radius 2 is 1.45 bits per heavy atom. The highest BCUT2D eigenvalue weighted by atomic mass is 35.5. The van der Waals surface area contributed by atoms with E-state index in [-0.39, 0.29) is 11.5 Å². The number of hydrogen-bond acceptors (Lipinski definition) is 3. The quantitative estimate of drug-likeness (QED) is 0.195. The molecule has 0 aliphatic rings. The van der Waals surface area contributed by atoms with Crippen molar-refractivity contribution in [3.63, 3.8) is 0 Å². The lowest BCUT2D eigenvalue weighted by molar-refractivity contribution is -0.113. The number of anilines is 1. The van der Waals surface area contributed by atoms with Gasteiger partial charge in [0.2, 0.25) is 0 Å². The average molecular weight is 521 g/mol. The first kappa shape index (κ1) is 26.3. The van der Waals surface area contributed by atoms with Crippen molar-refractivity contribution in [2.75, 3.05) is 5.32 Å². The first-order valence-electron chi connectivity index (χ1n) is 11.9. The molecule has 0 radical (unpaired) electrons. The Kier molecular flexibility index (Phi) is 8.65. The number of carbonyl (C=O) groups is 3. The summed E-state index contributed by atoms with van der Waals surface area (Å²) in [5, 5.41) is 6.12. The molecule has 4 aromatic carbocycles. The molecule has 0 atom stereocenters. The van der Waals surface area contributed by atoms with Gasteiger partial charge in [0.25, 0.3) is 11.8 Å². The van der Waals surface area contributed by atoms with Gasteiger partial charge in [-0.2, -0.15) is 0 Å². The van der Waals surface area contributed by atoms with E-state index in [1.54, 1.807) is 72.8 Å². The Morgan fingerprint density at radius 3 is 2.16 bits per heavy atom. The molecule has 4 rings (SSSR count). The van der Waals surface area contributed by atoms with E-state index >= 15 is 0 Å². The van der Waals surface area contributed by atoms with E-state index in [4.69, 9.17) is 11.6 Å². The number of halogens is 1. The third kappa shape index (κ3) is 7.38. The lowest BCUT2D eigenvalue weighted by Gasteiger charge is -2.12. The monoisotopic (exact) mass is 520 g/mol. The molecule has 0 heterocycles. The molecular formula is C32H25ClN2O3. The van der Waals surface area contributed by atoms with Crippen molar-refractivity contribution < 1.29 is 14.4 Å². The third-order valence-corrected chi connectivity index (χ3v) is 5.82. The second kappa shape index (κ2) is 12.5. The Bertz CT molecular complexity index is 1520. The molecule has 4 aromatic rings. The van der Waals surface area contributed by atoms with E-state index in [1.165, 1.54) is 6.08 Å². The summed E-state index contributed by atoms with van der Waals surface area (Å²) in [4.78, 5) is 38.5. The number of allylic oxidation sites excluding steroid dienone is 1. The zero-order valence-electron chi connectivity index (χ0n) is 20.6. The van der Waals surface area contributed by atoms with E-state index in [0.717, 1.165) is 16.7 Å². The van der Waals surface area contributed by atoms with Crippen LogP contribution in [0.5, 0.6) is 0 Å². The number of aryl methyl sites for hydroxylation is 1. The van der Waals surface area contributed by atoms with Crippen molar-refractivity contribution in [1.82, 2.24) is 5.32 Å². The molecule has 0 bridgehead atoms. The fourth-order valence-electron chi connectivity index (χ4n) is 3.66. The summed E-state index contributed by atoms with van der Waals surface area (Å²) in [5.74, 6) is -1.07. The molecular weight excluding hydrogens is 496 g/mol. The minimum Gasteiger partial charge on any atom is -0.321 e. The van der Waals surface area contributed by atoms with Crippen LogP contribution < -0.4 is 10.6 Å². The van der Waals surface area contributed by atoms with E-state index in [0.29, 0.717) is 21.8 Å². The zero-order valence-corrected chi connectivity index (χ0v) is 21.4. The Balaban J connectivity index is 1.49. The number of rotatable bonds is 8. The predicted molar refractivity (Wildman–Crippen MR) is 153 cm³/mol. The van der Waals surface area contributed by atoms with Crippen molar-refractivity contribution in [2.24, 2.45) is 0 Å². The molecule has 6 heteroatoms. The van der Waals surface area contributed by atoms with Gasteiger partial charge in [-0.15, -0.1) is 0 Å². The molecule has 2 N–H and O–H groups in total. The largest absolute Gasteiger partial charge is 0.321 e. The topological polar surface area (TPSA) is 75.3 Å². The van der Waals surface area contributed by atoms with Gasteiger partial charge >= 0.3 is 0 Å². The normalized spacial score (nSPS) is 11.3. The fraction of sp³-hybridized carbons (Fsp3) is 0.0312. The van der Waals surface area contributed by atoms with Crippen LogP contribution in [-0.2, 0) is 4.79 Å². The van der Waals surface area contributed by atoms with Crippen molar-refractivity contribution in [3.05, 3.63) is 148 Å². The van der Waals surface area contributed by atoms with Crippen molar-refractivity contribution in [3.8, 4) is 0 Å². The average Bonchev–Trinajstić information content (AvgIpc) is 2.92. The van der Waals surface area contributed by atoms with Crippen LogP contribution in [0, 0.1) is 6.92 Å². The second-order valence-electron chi connectivity index (χ2n) is 8.58. The van der Waals surface area contributed by atoms with Crippen molar-refractivity contribution >= 4 is 47.0 Å². The molecule has 0 saturated heterocycles. The SMILES string of the molecule is Cc1cccc(/C=C(\NC(=O)c2ccccc2)C(=O)Nc2ccc(C(=O)/C=C/c3cccc(Cl)c3)cc2)c1. The summed E-state index contributed by atoms with van der Waals surface area (Å²) in [5.41, 5.74) is 4.09. The van der Waals surface area contributed by atoms with Crippen molar-refractivity contribution in [1.29, 1.82) is 0 Å². The fourth-order valence-corrected chi connectivity index (χ4v) is 3.86. The van der Waals surface area contributed by atoms with Gasteiger partial charge in [-0.3, -0.25) is 14.4 Å². The van der Waals surface area contributed by atoms with Gasteiger partial charge in [-0.05, 0) is 78.7 Å². The first-order valence-corrected chi connectivity index (χ1v) is 12.3. The van der Waals surface area contributed by atoms with Crippen LogP contribution in [-0.4, -0.2) is 17.6 Å². The standard InChI is InChI=1S/C32H25ClN2O3/c1-22-7-5-9-24(19-22)21-29(35-31(37)26-10-3-2-4-11-26)32(38)34-28-16-14-25(15-17-28)30(36)18-13-23-8-6-12-27(33)20-23/h2-21H,1H3,(H,34,38)(H,35,37)/b18-13+,29-21-. The number of hydrogen-bond donors (Lipinski definition) is 2. The summed E-state index contributed by atoms with van der Waals surface area (Å²) in [6.45, 7) is 1.95. The maximum Gasteiger partial charge on any atom is 0.272 e. The number of benzene rings is 4. The summed E-state index contributed by atoms with van der Waals surface area (Å²) < 4.78 is 0.